The predicted molar refractivity (Wildman–Crippen MR) is 101 cm³/mol. The number of carboxylic acids is 1. The van der Waals surface area contributed by atoms with E-state index in [1.807, 2.05) is 0 Å². The number of aromatic nitrogens is 2. The molecule has 0 aliphatic rings. The Kier molecular flexibility index (Phi) is 4.99. The highest BCUT2D eigenvalue weighted by molar-refractivity contribution is 7.20. The van der Waals surface area contributed by atoms with Crippen LogP contribution in [0.15, 0.2) is 29.3 Å². The van der Waals surface area contributed by atoms with Gasteiger partial charge in [-0.15, -0.1) is 11.3 Å². The molecule has 1 aromatic carbocycles. The standard InChI is InChI=1S/C16H11Cl2N3O4S/c1-7-11-14(26-13(7)16(24)25)19-6-21(15(11)23)5-10(22)20-9-4-2-3-8(17)12(9)18/h2-4,6H,5H2,1H3,(H,20,22)(H,24,25). The Bertz CT molecular complexity index is 1110. The molecule has 0 bridgehead atoms. The lowest BCUT2D eigenvalue weighted by atomic mass is 10.2. The number of carbonyl (C=O) groups is 2. The highest BCUT2D eigenvalue weighted by Gasteiger charge is 2.19. The van der Waals surface area contributed by atoms with Crippen LogP contribution in [0.2, 0.25) is 10.0 Å². The van der Waals surface area contributed by atoms with E-state index in [1.165, 1.54) is 6.33 Å². The van der Waals surface area contributed by atoms with Gasteiger partial charge in [0.25, 0.3) is 5.56 Å². The SMILES string of the molecule is Cc1c(C(=O)O)sc2ncn(CC(=O)Nc3cccc(Cl)c3Cl)c(=O)c12. The number of carbonyl (C=O) groups excluding carboxylic acids is 1. The van der Waals surface area contributed by atoms with Crippen molar-refractivity contribution in [1.29, 1.82) is 0 Å². The first-order valence-corrected chi connectivity index (χ1v) is 8.82. The van der Waals surface area contributed by atoms with Gasteiger partial charge in [0.2, 0.25) is 5.91 Å². The van der Waals surface area contributed by atoms with Gasteiger partial charge in [-0.2, -0.15) is 0 Å². The molecule has 1 amide bonds. The lowest BCUT2D eigenvalue weighted by Gasteiger charge is -2.09. The number of amides is 1. The summed E-state index contributed by atoms with van der Waals surface area (Å²) >= 11 is 12.8. The van der Waals surface area contributed by atoms with Crippen molar-refractivity contribution in [3.63, 3.8) is 0 Å². The highest BCUT2D eigenvalue weighted by Crippen LogP contribution is 2.29. The number of thiophene rings is 1. The van der Waals surface area contributed by atoms with Gasteiger partial charge in [-0.1, -0.05) is 29.3 Å². The van der Waals surface area contributed by atoms with Gasteiger partial charge < -0.3 is 10.4 Å². The molecule has 0 fully saturated rings. The molecule has 0 saturated heterocycles. The van der Waals surface area contributed by atoms with Crippen LogP contribution in [0.5, 0.6) is 0 Å². The third-order valence-electron chi connectivity index (χ3n) is 3.65. The topological polar surface area (TPSA) is 101 Å². The van der Waals surface area contributed by atoms with Gasteiger partial charge in [0.05, 0.1) is 27.4 Å². The second kappa shape index (κ2) is 7.06. The molecule has 0 atom stereocenters. The van der Waals surface area contributed by atoms with Crippen LogP contribution in [-0.4, -0.2) is 26.5 Å². The first kappa shape index (κ1) is 18.4. The van der Waals surface area contributed by atoms with Crippen LogP contribution in [0.25, 0.3) is 10.2 Å². The molecule has 2 N–H and O–H groups in total. The number of aryl methyl sites for hydroxylation is 1. The van der Waals surface area contributed by atoms with Crippen LogP contribution in [0.3, 0.4) is 0 Å². The number of fused-ring (bicyclic) bond motifs is 1. The number of carboxylic acid groups (broad SMARTS) is 1. The molecule has 2 heterocycles. The Balaban J connectivity index is 1.91. The van der Waals surface area contributed by atoms with Crippen molar-refractivity contribution in [2.24, 2.45) is 0 Å². The van der Waals surface area contributed by atoms with Crippen LogP contribution in [0, 0.1) is 6.92 Å². The van der Waals surface area contributed by atoms with Crippen LogP contribution in [0.4, 0.5) is 5.69 Å². The monoisotopic (exact) mass is 411 g/mol. The summed E-state index contributed by atoms with van der Waals surface area (Å²) < 4.78 is 1.11. The maximum absolute atomic E-state index is 12.6. The number of halogens is 2. The summed E-state index contributed by atoms with van der Waals surface area (Å²) in [4.78, 5) is 40.5. The van der Waals surface area contributed by atoms with E-state index in [1.54, 1.807) is 25.1 Å². The van der Waals surface area contributed by atoms with Gasteiger partial charge in [-0.3, -0.25) is 14.2 Å². The molecule has 3 rings (SSSR count). The summed E-state index contributed by atoms with van der Waals surface area (Å²) in [6.45, 7) is 1.24. The van der Waals surface area contributed by atoms with Gasteiger partial charge in [-0.25, -0.2) is 9.78 Å². The number of nitrogens with zero attached hydrogens (tertiary/aromatic N) is 2. The van der Waals surface area contributed by atoms with E-state index < -0.39 is 17.4 Å². The van der Waals surface area contributed by atoms with Crippen molar-refractivity contribution in [3.8, 4) is 0 Å². The largest absolute Gasteiger partial charge is 0.477 e. The molecule has 0 spiro atoms. The van der Waals surface area contributed by atoms with Crippen molar-refractivity contribution in [1.82, 2.24) is 9.55 Å². The van der Waals surface area contributed by atoms with Crippen LogP contribution in [-0.2, 0) is 11.3 Å². The fourth-order valence-corrected chi connectivity index (χ4v) is 3.75. The first-order chi connectivity index (χ1) is 12.3. The van der Waals surface area contributed by atoms with Crippen LogP contribution < -0.4 is 10.9 Å². The molecule has 3 aromatic rings. The molecule has 7 nitrogen and oxygen atoms in total. The number of hydrogen-bond donors (Lipinski definition) is 2. The van der Waals surface area contributed by atoms with Gasteiger partial charge in [0.1, 0.15) is 16.3 Å². The fourth-order valence-electron chi connectivity index (χ4n) is 2.42. The number of hydrogen-bond acceptors (Lipinski definition) is 5. The van der Waals surface area contributed by atoms with Gasteiger partial charge >= 0.3 is 5.97 Å². The molecule has 26 heavy (non-hydrogen) atoms. The lowest BCUT2D eigenvalue weighted by Crippen LogP contribution is -2.28. The summed E-state index contributed by atoms with van der Waals surface area (Å²) in [5.41, 5.74) is 0.178. The van der Waals surface area contributed by atoms with E-state index in [9.17, 15) is 19.5 Å². The number of nitrogens with one attached hydrogen (secondary N) is 1. The first-order valence-electron chi connectivity index (χ1n) is 7.25. The predicted octanol–water partition coefficient (Wildman–Crippen LogP) is 3.41. The summed E-state index contributed by atoms with van der Waals surface area (Å²) in [6, 6.07) is 4.80. The Morgan fingerprint density at radius 3 is 2.77 bits per heavy atom. The molecule has 134 valence electrons. The molecule has 0 radical (unpaired) electrons. The van der Waals surface area contributed by atoms with Crippen molar-refractivity contribution in [2.45, 2.75) is 13.5 Å². The second-order valence-corrected chi connectivity index (χ2v) is 7.15. The molecule has 0 aliphatic heterocycles. The minimum absolute atomic E-state index is 0.0533. The molecule has 0 aliphatic carbocycles. The zero-order chi connectivity index (χ0) is 19.0. The summed E-state index contributed by atoms with van der Waals surface area (Å²) in [5.74, 6) is -1.62. The maximum Gasteiger partial charge on any atom is 0.346 e. The molecule has 0 saturated carbocycles. The maximum atomic E-state index is 12.6. The highest BCUT2D eigenvalue weighted by atomic mass is 35.5. The third kappa shape index (κ3) is 3.31. The van der Waals surface area contributed by atoms with Crippen molar-refractivity contribution in [3.05, 3.63) is 55.4 Å². The Labute approximate surface area is 160 Å². The smallest absolute Gasteiger partial charge is 0.346 e. The molecule has 0 unspecified atom stereocenters. The number of aromatic carboxylic acids is 1. The molecule has 10 heteroatoms. The second-order valence-electron chi connectivity index (χ2n) is 5.37. The third-order valence-corrected chi connectivity index (χ3v) is 5.66. The van der Waals surface area contributed by atoms with Crippen molar-refractivity contribution in [2.75, 3.05) is 5.32 Å². The minimum atomic E-state index is -1.12. The van der Waals surface area contributed by atoms with E-state index in [4.69, 9.17) is 23.2 Å². The van der Waals surface area contributed by atoms with Gasteiger partial charge in [0.15, 0.2) is 0 Å². The van der Waals surface area contributed by atoms with Gasteiger partial charge in [-0.05, 0) is 24.6 Å². The number of anilines is 1. The van der Waals surface area contributed by atoms with Gasteiger partial charge in [0, 0.05) is 0 Å². The van der Waals surface area contributed by atoms with E-state index in [0.29, 0.717) is 21.1 Å². The zero-order valence-electron chi connectivity index (χ0n) is 13.2. The van der Waals surface area contributed by atoms with E-state index >= 15 is 0 Å². The number of benzene rings is 1. The number of rotatable bonds is 4. The normalized spacial score (nSPS) is 10.9. The molecule has 2 aromatic heterocycles. The van der Waals surface area contributed by atoms with E-state index in [0.717, 1.165) is 15.9 Å². The van der Waals surface area contributed by atoms with E-state index in [-0.39, 0.29) is 21.8 Å². The minimum Gasteiger partial charge on any atom is -0.477 e. The van der Waals surface area contributed by atoms with Crippen molar-refractivity contribution < 1.29 is 14.7 Å². The fraction of sp³-hybridized carbons (Fsp3) is 0.125. The molecular weight excluding hydrogens is 401 g/mol. The Hall–Kier alpha value is -2.42. The zero-order valence-corrected chi connectivity index (χ0v) is 15.6. The molecular formula is C16H11Cl2N3O4S. The average molecular weight is 412 g/mol. The summed E-state index contributed by atoms with van der Waals surface area (Å²) in [5, 5.41) is 12.4. The summed E-state index contributed by atoms with van der Waals surface area (Å²) in [6.07, 6.45) is 1.21. The van der Waals surface area contributed by atoms with Crippen molar-refractivity contribution >= 4 is 62.3 Å². The summed E-state index contributed by atoms with van der Waals surface area (Å²) in [7, 11) is 0. The van der Waals surface area contributed by atoms with Crippen LogP contribution in [0.1, 0.15) is 15.2 Å². The lowest BCUT2D eigenvalue weighted by molar-refractivity contribution is -0.116. The Morgan fingerprint density at radius 2 is 2.08 bits per heavy atom. The Morgan fingerprint density at radius 1 is 1.35 bits per heavy atom. The quantitative estimate of drug-likeness (QED) is 0.684. The average Bonchev–Trinajstić information content (AvgIpc) is 2.92. The van der Waals surface area contributed by atoms with E-state index in [2.05, 4.69) is 10.3 Å². The van der Waals surface area contributed by atoms with Crippen LogP contribution >= 0.6 is 34.5 Å².